The van der Waals surface area contributed by atoms with Crippen LogP contribution in [0.5, 0.6) is 0 Å². The van der Waals surface area contributed by atoms with E-state index in [1.54, 1.807) is 11.3 Å². The number of nitrogens with zero attached hydrogens (tertiary/aromatic N) is 2. The number of rotatable bonds is 3. The first-order valence-electron chi connectivity index (χ1n) is 5.12. The van der Waals surface area contributed by atoms with Gasteiger partial charge >= 0.3 is 0 Å². The van der Waals surface area contributed by atoms with Gasteiger partial charge in [0.15, 0.2) is 0 Å². The first-order chi connectivity index (χ1) is 7.68. The average molecular weight is 233 g/mol. The highest BCUT2D eigenvalue weighted by molar-refractivity contribution is 7.07. The Hall–Kier alpha value is -1.55. The Labute approximate surface area is 99.5 Å². The summed E-state index contributed by atoms with van der Waals surface area (Å²) in [4.78, 5) is 6.45. The zero-order valence-electron chi connectivity index (χ0n) is 9.47. The third-order valence-corrected chi connectivity index (χ3v) is 3.28. The molecule has 1 heterocycles. The van der Waals surface area contributed by atoms with Crippen LogP contribution in [0.1, 0.15) is 11.3 Å². The van der Waals surface area contributed by atoms with Crippen LogP contribution in [0.4, 0.5) is 11.4 Å². The van der Waals surface area contributed by atoms with Crippen molar-refractivity contribution in [1.29, 1.82) is 0 Å². The number of aromatic nitrogens is 1. The van der Waals surface area contributed by atoms with E-state index < -0.39 is 0 Å². The molecule has 0 fully saturated rings. The van der Waals surface area contributed by atoms with E-state index in [9.17, 15) is 0 Å². The number of benzene rings is 1. The predicted octanol–water partition coefficient (Wildman–Crippen LogP) is 2.67. The van der Waals surface area contributed by atoms with E-state index in [1.807, 2.05) is 24.6 Å². The van der Waals surface area contributed by atoms with Crippen LogP contribution in [0.25, 0.3) is 0 Å². The summed E-state index contributed by atoms with van der Waals surface area (Å²) < 4.78 is 0. The fourth-order valence-corrected chi connectivity index (χ4v) is 2.25. The standard InChI is InChI=1S/C12H15N3S/c1-9-11(13)4-3-5-12(9)15(2)6-10-7-16-8-14-10/h3-5,7-8H,6,13H2,1-2H3. The van der Waals surface area contributed by atoms with Crippen molar-refractivity contribution >= 4 is 22.7 Å². The quantitative estimate of drug-likeness (QED) is 0.829. The van der Waals surface area contributed by atoms with E-state index in [2.05, 4.69) is 28.4 Å². The van der Waals surface area contributed by atoms with Crippen molar-refractivity contribution in [2.24, 2.45) is 0 Å². The van der Waals surface area contributed by atoms with Gasteiger partial charge in [0.2, 0.25) is 0 Å². The molecule has 0 atom stereocenters. The average Bonchev–Trinajstić information content (AvgIpc) is 2.74. The van der Waals surface area contributed by atoms with Gasteiger partial charge in [-0.1, -0.05) is 6.07 Å². The Balaban J connectivity index is 2.21. The topological polar surface area (TPSA) is 42.1 Å². The Morgan fingerprint density at radius 2 is 2.25 bits per heavy atom. The fraction of sp³-hybridized carbons (Fsp3) is 0.250. The van der Waals surface area contributed by atoms with Gasteiger partial charge in [-0.25, -0.2) is 4.98 Å². The van der Waals surface area contributed by atoms with E-state index in [4.69, 9.17) is 5.73 Å². The molecule has 1 aromatic carbocycles. The summed E-state index contributed by atoms with van der Waals surface area (Å²) in [5.74, 6) is 0. The minimum absolute atomic E-state index is 0.813. The molecule has 1 aromatic heterocycles. The summed E-state index contributed by atoms with van der Waals surface area (Å²) in [6.07, 6.45) is 0. The van der Waals surface area contributed by atoms with Crippen molar-refractivity contribution < 1.29 is 0 Å². The van der Waals surface area contributed by atoms with E-state index >= 15 is 0 Å². The molecule has 0 radical (unpaired) electrons. The number of anilines is 2. The molecule has 0 bridgehead atoms. The largest absolute Gasteiger partial charge is 0.398 e. The molecule has 2 N–H and O–H groups in total. The van der Waals surface area contributed by atoms with Crippen LogP contribution in [0.2, 0.25) is 0 Å². The summed E-state index contributed by atoms with van der Waals surface area (Å²) in [6.45, 7) is 2.86. The minimum atomic E-state index is 0.813. The smallest absolute Gasteiger partial charge is 0.0795 e. The normalized spacial score (nSPS) is 10.4. The number of nitrogens with two attached hydrogens (primary N) is 1. The zero-order chi connectivity index (χ0) is 11.5. The highest BCUT2D eigenvalue weighted by Gasteiger charge is 2.07. The number of nitrogen functional groups attached to an aromatic ring is 1. The summed E-state index contributed by atoms with van der Waals surface area (Å²) in [7, 11) is 2.06. The predicted molar refractivity (Wildman–Crippen MR) is 69.8 cm³/mol. The third kappa shape index (κ3) is 2.17. The van der Waals surface area contributed by atoms with Crippen LogP contribution in [-0.2, 0) is 6.54 Å². The second kappa shape index (κ2) is 4.53. The zero-order valence-corrected chi connectivity index (χ0v) is 10.3. The van der Waals surface area contributed by atoms with Gasteiger partial charge in [0.1, 0.15) is 0 Å². The second-order valence-electron chi connectivity index (χ2n) is 3.83. The Kier molecular flexibility index (Phi) is 3.10. The number of thiazole rings is 1. The van der Waals surface area contributed by atoms with Crippen molar-refractivity contribution in [2.75, 3.05) is 17.7 Å². The number of hydrogen-bond donors (Lipinski definition) is 1. The maximum atomic E-state index is 5.89. The van der Waals surface area contributed by atoms with Crippen molar-refractivity contribution in [2.45, 2.75) is 13.5 Å². The van der Waals surface area contributed by atoms with Gasteiger partial charge in [0, 0.05) is 23.8 Å². The van der Waals surface area contributed by atoms with Crippen LogP contribution >= 0.6 is 11.3 Å². The molecule has 4 heteroatoms. The van der Waals surface area contributed by atoms with Crippen molar-refractivity contribution in [3.63, 3.8) is 0 Å². The van der Waals surface area contributed by atoms with Crippen LogP contribution in [0, 0.1) is 6.92 Å². The molecule has 0 amide bonds. The van der Waals surface area contributed by atoms with E-state index in [0.29, 0.717) is 0 Å². The SMILES string of the molecule is Cc1c(N)cccc1N(C)Cc1cscn1. The highest BCUT2D eigenvalue weighted by Crippen LogP contribution is 2.24. The molecule has 0 saturated heterocycles. The summed E-state index contributed by atoms with van der Waals surface area (Å²) in [5.41, 5.74) is 12.0. The van der Waals surface area contributed by atoms with E-state index in [0.717, 1.165) is 29.2 Å². The maximum Gasteiger partial charge on any atom is 0.0795 e. The summed E-state index contributed by atoms with van der Waals surface area (Å²) >= 11 is 1.62. The van der Waals surface area contributed by atoms with E-state index in [1.165, 1.54) is 0 Å². The highest BCUT2D eigenvalue weighted by atomic mass is 32.1. The Bertz CT molecular complexity index is 465. The number of hydrogen-bond acceptors (Lipinski definition) is 4. The summed E-state index contributed by atoms with van der Waals surface area (Å²) in [5, 5.41) is 2.07. The lowest BCUT2D eigenvalue weighted by Gasteiger charge is -2.21. The third-order valence-electron chi connectivity index (χ3n) is 2.64. The maximum absolute atomic E-state index is 5.89. The lowest BCUT2D eigenvalue weighted by molar-refractivity contribution is 0.891. The van der Waals surface area contributed by atoms with Crippen LogP contribution in [-0.4, -0.2) is 12.0 Å². The lowest BCUT2D eigenvalue weighted by atomic mass is 10.1. The van der Waals surface area contributed by atoms with Crippen LogP contribution in [0.3, 0.4) is 0 Å². The van der Waals surface area contributed by atoms with Gasteiger partial charge in [-0.2, -0.15) is 0 Å². The van der Waals surface area contributed by atoms with Crippen LogP contribution in [0.15, 0.2) is 29.1 Å². The van der Waals surface area contributed by atoms with Crippen molar-refractivity contribution in [3.8, 4) is 0 Å². The minimum Gasteiger partial charge on any atom is -0.398 e. The second-order valence-corrected chi connectivity index (χ2v) is 4.55. The first kappa shape index (κ1) is 11.0. The molecular formula is C12H15N3S. The molecule has 0 aliphatic rings. The first-order valence-corrected chi connectivity index (χ1v) is 6.06. The molecule has 2 aromatic rings. The van der Waals surface area contributed by atoms with Gasteiger partial charge in [-0.15, -0.1) is 11.3 Å². The fourth-order valence-electron chi connectivity index (χ4n) is 1.70. The van der Waals surface area contributed by atoms with Crippen LogP contribution < -0.4 is 10.6 Å². The van der Waals surface area contributed by atoms with Gasteiger partial charge in [0.25, 0.3) is 0 Å². The molecule has 0 spiro atoms. The van der Waals surface area contributed by atoms with E-state index in [-0.39, 0.29) is 0 Å². The summed E-state index contributed by atoms with van der Waals surface area (Å²) in [6, 6.07) is 5.99. The molecular weight excluding hydrogens is 218 g/mol. The van der Waals surface area contributed by atoms with Gasteiger partial charge < -0.3 is 10.6 Å². The molecule has 3 nitrogen and oxygen atoms in total. The molecule has 0 unspecified atom stereocenters. The molecule has 0 saturated carbocycles. The Morgan fingerprint density at radius 1 is 1.44 bits per heavy atom. The van der Waals surface area contributed by atoms with Crippen molar-refractivity contribution in [1.82, 2.24) is 4.98 Å². The Morgan fingerprint density at radius 3 is 2.94 bits per heavy atom. The molecule has 0 aliphatic heterocycles. The van der Waals surface area contributed by atoms with Gasteiger partial charge in [0.05, 0.1) is 17.7 Å². The molecule has 2 rings (SSSR count). The monoisotopic (exact) mass is 233 g/mol. The lowest BCUT2D eigenvalue weighted by Crippen LogP contribution is -2.18. The van der Waals surface area contributed by atoms with Crippen molar-refractivity contribution in [3.05, 3.63) is 40.3 Å². The molecule has 0 aliphatic carbocycles. The molecule has 16 heavy (non-hydrogen) atoms. The van der Waals surface area contributed by atoms with Gasteiger partial charge in [-0.05, 0) is 24.6 Å². The molecule has 84 valence electrons. The van der Waals surface area contributed by atoms with Gasteiger partial charge in [-0.3, -0.25) is 0 Å².